The Hall–Kier alpha value is -2.58. The van der Waals surface area contributed by atoms with E-state index in [4.69, 9.17) is 9.47 Å². The monoisotopic (exact) mass is 403 g/mol. The summed E-state index contributed by atoms with van der Waals surface area (Å²) in [6.07, 6.45) is 2.32. The summed E-state index contributed by atoms with van der Waals surface area (Å²) in [5.41, 5.74) is 1.59. The first-order valence-corrected chi connectivity index (χ1v) is 10.1. The number of carbonyl (C=O) groups excluding carboxylic acids is 2. The fraction of sp³-hybridized carbons (Fsp3) is 0.400. The molecule has 2 amide bonds. The molecule has 28 heavy (non-hydrogen) atoms. The number of methoxy groups -OCH3 is 2. The van der Waals surface area contributed by atoms with Crippen molar-refractivity contribution in [3.63, 3.8) is 0 Å². The van der Waals surface area contributed by atoms with E-state index < -0.39 is 11.8 Å². The molecule has 2 N–H and O–H groups in total. The van der Waals surface area contributed by atoms with Crippen LogP contribution in [0.5, 0.6) is 11.5 Å². The standard InChI is InChI=1S/C20H25N3O4S/c1-26-15-5-6-16(18(11-15)27-2)22-20(25)19(24)21-12-17(14-7-10-28-13-14)23-8-3-4-9-23/h5-7,10-11,13,17H,3-4,8-9,12H2,1-2H3,(H,21,24)(H,22,25)/t17-/m1/s1. The van der Waals surface area contributed by atoms with Gasteiger partial charge in [-0.05, 0) is 60.5 Å². The van der Waals surface area contributed by atoms with Gasteiger partial charge in [0.2, 0.25) is 0 Å². The molecule has 2 aromatic rings. The Morgan fingerprint density at radius 3 is 2.57 bits per heavy atom. The van der Waals surface area contributed by atoms with Crippen LogP contribution in [-0.4, -0.2) is 50.6 Å². The molecule has 7 nitrogen and oxygen atoms in total. The summed E-state index contributed by atoms with van der Waals surface area (Å²) < 4.78 is 10.4. The first-order chi connectivity index (χ1) is 13.6. The van der Waals surface area contributed by atoms with E-state index in [0.29, 0.717) is 23.7 Å². The van der Waals surface area contributed by atoms with Crippen LogP contribution in [0.25, 0.3) is 0 Å². The molecule has 3 rings (SSSR count). The Morgan fingerprint density at radius 1 is 1.14 bits per heavy atom. The highest BCUT2D eigenvalue weighted by Gasteiger charge is 2.25. The molecule has 0 saturated carbocycles. The molecule has 150 valence electrons. The maximum atomic E-state index is 12.4. The summed E-state index contributed by atoms with van der Waals surface area (Å²) >= 11 is 1.63. The average molecular weight is 404 g/mol. The second-order valence-electron chi connectivity index (χ2n) is 6.55. The van der Waals surface area contributed by atoms with E-state index in [1.165, 1.54) is 12.7 Å². The lowest BCUT2D eigenvalue weighted by Gasteiger charge is -2.27. The first kappa shape index (κ1) is 20.2. The van der Waals surface area contributed by atoms with Crippen molar-refractivity contribution in [1.29, 1.82) is 0 Å². The van der Waals surface area contributed by atoms with Gasteiger partial charge in [-0.1, -0.05) is 0 Å². The Bertz CT molecular complexity index is 804. The fourth-order valence-corrected chi connectivity index (χ4v) is 4.03. The zero-order valence-corrected chi connectivity index (χ0v) is 16.9. The molecule has 0 bridgehead atoms. The molecule has 1 aliphatic heterocycles. The number of rotatable bonds is 7. The summed E-state index contributed by atoms with van der Waals surface area (Å²) in [5, 5.41) is 9.50. The lowest BCUT2D eigenvalue weighted by atomic mass is 10.1. The zero-order valence-electron chi connectivity index (χ0n) is 16.1. The number of ether oxygens (including phenoxy) is 2. The van der Waals surface area contributed by atoms with E-state index in [9.17, 15) is 9.59 Å². The molecule has 2 heterocycles. The number of nitrogens with zero attached hydrogens (tertiary/aromatic N) is 1. The minimum atomic E-state index is -0.728. The molecular weight excluding hydrogens is 378 g/mol. The maximum absolute atomic E-state index is 12.4. The highest BCUT2D eigenvalue weighted by atomic mass is 32.1. The summed E-state index contributed by atoms with van der Waals surface area (Å²) in [5.74, 6) is -0.372. The van der Waals surface area contributed by atoms with E-state index in [2.05, 4.69) is 27.0 Å². The second kappa shape index (κ2) is 9.57. The highest BCUT2D eigenvalue weighted by molar-refractivity contribution is 7.08. The lowest BCUT2D eigenvalue weighted by molar-refractivity contribution is -0.136. The maximum Gasteiger partial charge on any atom is 0.313 e. The molecule has 0 unspecified atom stereocenters. The van der Waals surface area contributed by atoms with Crippen LogP contribution in [0.4, 0.5) is 5.69 Å². The van der Waals surface area contributed by atoms with Gasteiger partial charge in [0, 0.05) is 12.6 Å². The van der Waals surface area contributed by atoms with Crippen molar-refractivity contribution < 1.29 is 19.1 Å². The molecule has 0 radical (unpaired) electrons. The van der Waals surface area contributed by atoms with Gasteiger partial charge in [-0.15, -0.1) is 0 Å². The van der Waals surface area contributed by atoms with Crippen molar-refractivity contribution in [3.05, 3.63) is 40.6 Å². The van der Waals surface area contributed by atoms with Crippen molar-refractivity contribution in [1.82, 2.24) is 10.2 Å². The van der Waals surface area contributed by atoms with E-state index in [1.54, 1.807) is 36.6 Å². The van der Waals surface area contributed by atoms with Crippen molar-refractivity contribution in [2.45, 2.75) is 18.9 Å². The molecule has 1 aromatic heterocycles. The summed E-state index contributed by atoms with van der Waals surface area (Å²) in [6, 6.07) is 7.13. The van der Waals surface area contributed by atoms with Gasteiger partial charge in [0.25, 0.3) is 0 Å². The van der Waals surface area contributed by atoms with Crippen LogP contribution in [0.2, 0.25) is 0 Å². The molecule has 1 atom stereocenters. The quantitative estimate of drug-likeness (QED) is 0.695. The van der Waals surface area contributed by atoms with Crippen LogP contribution in [0.15, 0.2) is 35.0 Å². The highest BCUT2D eigenvalue weighted by Crippen LogP contribution is 2.29. The molecule has 8 heteroatoms. The normalized spacial score (nSPS) is 15.1. The van der Waals surface area contributed by atoms with E-state index in [1.807, 2.05) is 5.38 Å². The third kappa shape index (κ3) is 4.82. The number of amides is 2. The second-order valence-corrected chi connectivity index (χ2v) is 7.33. The number of hydrogen-bond acceptors (Lipinski definition) is 6. The summed E-state index contributed by atoms with van der Waals surface area (Å²) in [6.45, 7) is 2.40. The van der Waals surface area contributed by atoms with Gasteiger partial charge >= 0.3 is 11.8 Å². The third-order valence-electron chi connectivity index (χ3n) is 4.83. The molecule has 1 aliphatic rings. The minimum Gasteiger partial charge on any atom is -0.497 e. The van der Waals surface area contributed by atoms with Crippen LogP contribution in [-0.2, 0) is 9.59 Å². The Labute approximate surface area is 168 Å². The van der Waals surface area contributed by atoms with Crippen LogP contribution in [0, 0.1) is 0 Å². The van der Waals surface area contributed by atoms with Crippen molar-refractivity contribution in [2.75, 3.05) is 39.2 Å². The van der Waals surface area contributed by atoms with Crippen LogP contribution in [0.1, 0.15) is 24.4 Å². The smallest absolute Gasteiger partial charge is 0.313 e. The fourth-order valence-electron chi connectivity index (χ4n) is 3.33. The van der Waals surface area contributed by atoms with Gasteiger partial charge in [0.15, 0.2) is 0 Å². The number of thiophene rings is 1. The summed E-state index contributed by atoms with van der Waals surface area (Å²) in [4.78, 5) is 27.0. The molecule has 0 spiro atoms. The SMILES string of the molecule is COc1ccc(NC(=O)C(=O)NC[C@H](c2ccsc2)N2CCCC2)c(OC)c1. The van der Waals surface area contributed by atoms with Crippen molar-refractivity contribution >= 4 is 28.8 Å². The number of anilines is 1. The molecule has 1 saturated heterocycles. The van der Waals surface area contributed by atoms with E-state index >= 15 is 0 Å². The topological polar surface area (TPSA) is 79.9 Å². The van der Waals surface area contributed by atoms with Gasteiger partial charge in [-0.25, -0.2) is 0 Å². The summed E-state index contributed by atoms with van der Waals surface area (Å²) in [7, 11) is 3.04. The van der Waals surface area contributed by atoms with Crippen LogP contribution in [0.3, 0.4) is 0 Å². The minimum absolute atomic E-state index is 0.0843. The Morgan fingerprint density at radius 2 is 1.93 bits per heavy atom. The number of hydrogen-bond donors (Lipinski definition) is 2. The lowest BCUT2D eigenvalue weighted by Crippen LogP contribution is -2.41. The van der Waals surface area contributed by atoms with Gasteiger partial charge in [0.05, 0.1) is 25.9 Å². The molecule has 0 aliphatic carbocycles. The van der Waals surface area contributed by atoms with E-state index in [0.717, 1.165) is 25.9 Å². The predicted octanol–water partition coefficient (Wildman–Crippen LogP) is 2.66. The molecule has 1 fully saturated rings. The van der Waals surface area contributed by atoms with Gasteiger partial charge in [0.1, 0.15) is 11.5 Å². The third-order valence-corrected chi connectivity index (χ3v) is 5.53. The predicted molar refractivity (Wildman–Crippen MR) is 109 cm³/mol. The van der Waals surface area contributed by atoms with Gasteiger partial charge in [-0.2, -0.15) is 11.3 Å². The number of nitrogens with one attached hydrogen (secondary N) is 2. The molecule has 1 aromatic carbocycles. The van der Waals surface area contributed by atoms with Crippen LogP contribution >= 0.6 is 11.3 Å². The Kier molecular flexibility index (Phi) is 6.89. The number of likely N-dealkylation sites (tertiary alicyclic amines) is 1. The average Bonchev–Trinajstić information content (AvgIpc) is 3.43. The number of carbonyl (C=O) groups is 2. The van der Waals surface area contributed by atoms with Gasteiger partial charge in [-0.3, -0.25) is 14.5 Å². The van der Waals surface area contributed by atoms with Crippen molar-refractivity contribution in [2.24, 2.45) is 0 Å². The van der Waals surface area contributed by atoms with E-state index in [-0.39, 0.29) is 6.04 Å². The Balaban J connectivity index is 1.61. The first-order valence-electron chi connectivity index (χ1n) is 9.19. The number of benzene rings is 1. The van der Waals surface area contributed by atoms with Gasteiger partial charge < -0.3 is 20.1 Å². The largest absolute Gasteiger partial charge is 0.497 e. The zero-order chi connectivity index (χ0) is 19.9. The molecular formula is C20H25N3O4S. The van der Waals surface area contributed by atoms with Crippen LogP contribution < -0.4 is 20.1 Å². The van der Waals surface area contributed by atoms with Crippen molar-refractivity contribution in [3.8, 4) is 11.5 Å².